The highest BCUT2D eigenvalue weighted by molar-refractivity contribution is 4.49. The molecule has 0 unspecified atom stereocenters. The highest BCUT2D eigenvalue weighted by Crippen LogP contribution is 2.13. The Labute approximate surface area is 122 Å². The zero-order chi connectivity index (χ0) is 13.3. The van der Waals surface area contributed by atoms with E-state index in [9.17, 15) is 0 Å². The van der Waals surface area contributed by atoms with Crippen LogP contribution < -0.4 is 0 Å². The number of hydrogen-bond acceptors (Lipinski definition) is 0. The van der Waals surface area contributed by atoms with Crippen molar-refractivity contribution in [2.24, 2.45) is 0 Å². The molecule has 1 nitrogen and oxygen atoms in total. The maximum atomic E-state index is 2.29. The molecule has 0 aromatic carbocycles. The maximum absolute atomic E-state index is 2.29. The van der Waals surface area contributed by atoms with Crippen molar-refractivity contribution in [2.75, 3.05) is 0 Å². The summed E-state index contributed by atoms with van der Waals surface area (Å²) in [6.07, 6.45) is 23.4. The fourth-order valence-electron chi connectivity index (χ4n) is 2.62. The molecule has 0 saturated heterocycles. The Morgan fingerprint density at radius 2 is 0.474 bits per heavy atom. The molecule has 0 aromatic rings. The van der Waals surface area contributed by atoms with E-state index in [1.54, 1.807) is 0 Å². The Hall–Kier alpha value is -0.0400. The third kappa shape index (κ3) is 20.4. The molecule has 118 valence electrons. The van der Waals surface area contributed by atoms with E-state index in [0.717, 1.165) is 0 Å². The first-order valence-electron chi connectivity index (χ1n) is 8.91. The zero-order valence-electron chi connectivity index (χ0n) is 13.8. The monoisotopic (exact) mass is 272 g/mol. The second-order valence-electron chi connectivity index (χ2n) is 5.95. The molecule has 0 aliphatic heterocycles. The first-order chi connectivity index (χ1) is 8.91. The normalized spacial score (nSPS) is 10.4. The number of rotatable bonds is 15. The van der Waals surface area contributed by atoms with Gasteiger partial charge in [0.05, 0.1) is 0 Å². The molecular weight excluding hydrogens is 232 g/mol. The van der Waals surface area contributed by atoms with Gasteiger partial charge in [-0.25, -0.2) is 0 Å². The number of hydrogen-bond donors (Lipinski definition) is 0. The molecule has 0 heterocycles. The fraction of sp³-hybridized carbons (Fsp3) is 1.00. The van der Waals surface area contributed by atoms with Crippen LogP contribution in [-0.2, 0) is 0 Å². The van der Waals surface area contributed by atoms with Crippen molar-refractivity contribution < 1.29 is 5.48 Å². The molecule has 0 radical (unpaired) electrons. The van der Waals surface area contributed by atoms with E-state index in [-0.39, 0.29) is 5.48 Å². The lowest BCUT2D eigenvalue weighted by Gasteiger charge is -2.03. The van der Waals surface area contributed by atoms with Gasteiger partial charge in [-0.3, -0.25) is 0 Å². The van der Waals surface area contributed by atoms with Gasteiger partial charge in [-0.15, -0.1) is 0 Å². The van der Waals surface area contributed by atoms with Gasteiger partial charge in [-0.2, -0.15) is 0 Å². The second kappa shape index (κ2) is 20.3. The van der Waals surface area contributed by atoms with Crippen LogP contribution in [0.1, 0.15) is 117 Å². The summed E-state index contributed by atoms with van der Waals surface area (Å²) in [5.41, 5.74) is 0. The smallest absolute Gasteiger partial charge is 0.0533 e. The summed E-state index contributed by atoms with van der Waals surface area (Å²) >= 11 is 0. The molecule has 2 N–H and O–H groups in total. The third-order valence-electron chi connectivity index (χ3n) is 3.96. The van der Waals surface area contributed by atoms with Gasteiger partial charge in [-0.05, 0) is 0 Å². The average molecular weight is 273 g/mol. The van der Waals surface area contributed by atoms with Gasteiger partial charge in [0, 0.05) is 0 Å². The van der Waals surface area contributed by atoms with Gasteiger partial charge in [0.2, 0.25) is 0 Å². The Morgan fingerprint density at radius 3 is 0.632 bits per heavy atom. The van der Waals surface area contributed by atoms with Crippen molar-refractivity contribution in [3.63, 3.8) is 0 Å². The van der Waals surface area contributed by atoms with Crippen LogP contribution in [0, 0.1) is 0 Å². The summed E-state index contributed by atoms with van der Waals surface area (Å²) < 4.78 is 0. The summed E-state index contributed by atoms with van der Waals surface area (Å²) in [5.74, 6) is 0. The van der Waals surface area contributed by atoms with Crippen LogP contribution >= 0.6 is 0 Å². The molecule has 0 rings (SSSR count). The van der Waals surface area contributed by atoms with E-state index in [1.807, 2.05) is 0 Å². The van der Waals surface area contributed by atoms with Crippen molar-refractivity contribution in [2.45, 2.75) is 117 Å². The first-order valence-corrected chi connectivity index (χ1v) is 8.91. The van der Waals surface area contributed by atoms with E-state index in [0.29, 0.717) is 0 Å². The van der Waals surface area contributed by atoms with Crippen LogP contribution in [0.25, 0.3) is 0 Å². The van der Waals surface area contributed by atoms with E-state index in [1.165, 1.54) is 103 Å². The summed E-state index contributed by atoms with van der Waals surface area (Å²) in [4.78, 5) is 0. The minimum Gasteiger partial charge on any atom is -0.412 e. The van der Waals surface area contributed by atoms with Crippen LogP contribution in [0.3, 0.4) is 0 Å². The summed E-state index contributed by atoms with van der Waals surface area (Å²) in [6.45, 7) is 4.59. The molecule has 0 aromatic heterocycles. The van der Waals surface area contributed by atoms with E-state index in [2.05, 4.69) is 13.8 Å². The Morgan fingerprint density at radius 1 is 0.316 bits per heavy atom. The van der Waals surface area contributed by atoms with E-state index >= 15 is 0 Å². The zero-order valence-corrected chi connectivity index (χ0v) is 13.8. The van der Waals surface area contributed by atoms with Crippen LogP contribution in [0.5, 0.6) is 0 Å². The van der Waals surface area contributed by atoms with Crippen molar-refractivity contribution in [3.8, 4) is 0 Å². The molecule has 0 bridgehead atoms. The quantitative estimate of drug-likeness (QED) is 0.307. The predicted octanol–water partition coefficient (Wildman–Crippen LogP) is 6.44. The summed E-state index contributed by atoms with van der Waals surface area (Å²) in [6, 6.07) is 0. The van der Waals surface area contributed by atoms with Gasteiger partial charge >= 0.3 is 0 Å². The molecule has 0 saturated carbocycles. The topological polar surface area (TPSA) is 31.5 Å². The van der Waals surface area contributed by atoms with Crippen molar-refractivity contribution in [1.29, 1.82) is 0 Å². The fourth-order valence-corrected chi connectivity index (χ4v) is 2.62. The van der Waals surface area contributed by atoms with E-state index < -0.39 is 0 Å². The minimum atomic E-state index is 0. The highest BCUT2D eigenvalue weighted by atomic mass is 16.0. The highest BCUT2D eigenvalue weighted by Gasteiger charge is 1.93. The van der Waals surface area contributed by atoms with Crippen molar-refractivity contribution in [3.05, 3.63) is 0 Å². The molecule has 0 amide bonds. The second-order valence-corrected chi connectivity index (χ2v) is 5.95. The molecule has 0 aliphatic rings. The summed E-state index contributed by atoms with van der Waals surface area (Å²) in [7, 11) is 0. The maximum Gasteiger partial charge on any atom is -0.0533 e. The largest absolute Gasteiger partial charge is 0.412 e. The van der Waals surface area contributed by atoms with Gasteiger partial charge in [0.15, 0.2) is 0 Å². The predicted molar refractivity (Wildman–Crippen MR) is 88.8 cm³/mol. The molecule has 0 spiro atoms. The van der Waals surface area contributed by atoms with Gasteiger partial charge < -0.3 is 5.48 Å². The van der Waals surface area contributed by atoms with Crippen LogP contribution in [0.15, 0.2) is 0 Å². The standard InChI is InChI=1S/C18H38.H2O/c1-3-5-7-9-11-13-15-17-18-16-14-12-10-8-6-4-2;/h3-18H2,1-2H3;1H2. The van der Waals surface area contributed by atoms with Crippen molar-refractivity contribution >= 4 is 0 Å². The molecule has 0 fully saturated rings. The average Bonchev–Trinajstić information content (AvgIpc) is 2.39. The minimum absolute atomic E-state index is 0. The lowest BCUT2D eigenvalue weighted by atomic mass is 10.0. The first kappa shape index (κ1) is 21.3. The lowest BCUT2D eigenvalue weighted by molar-refractivity contribution is 0.531. The molecule has 1 heteroatoms. The molecular formula is C18H40O. The van der Waals surface area contributed by atoms with Gasteiger partial charge in [0.25, 0.3) is 0 Å². The van der Waals surface area contributed by atoms with Gasteiger partial charge in [-0.1, -0.05) is 117 Å². The number of unbranched alkanes of at least 4 members (excludes halogenated alkanes) is 15. The third-order valence-corrected chi connectivity index (χ3v) is 3.96. The molecule has 0 aliphatic carbocycles. The summed E-state index contributed by atoms with van der Waals surface area (Å²) in [5, 5.41) is 0. The van der Waals surface area contributed by atoms with E-state index in [4.69, 9.17) is 0 Å². The Kier molecular flexibility index (Phi) is 22.7. The Bertz CT molecular complexity index is 118. The van der Waals surface area contributed by atoms with Crippen molar-refractivity contribution in [1.82, 2.24) is 0 Å². The Balaban J connectivity index is 0. The molecule has 0 atom stereocenters. The lowest BCUT2D eigenvalue weighted by Crippen LogP contribution is -1.83. The van der Waals surface area contributed by atoms with Crippen LogP contribution in [-0.4, -0.2) is 5.48 Å². The van der Waals surface area contributed by atoms with Crippen LogP contribution in [0.2, 0.25) is 0 Å². The van der Waals surface area contributed by atoms with Gasteiger partial charge in [0.1, 0.15) is 0 Å². The van der Waals surface area contributed by atoms with Crippen LogP contribution in [0.4, 0.5) is 0 Å². The SMILES string of the molecule is CCCCCCCCCCCCCCCCCC.O. The molecule has 19 heavy (non-hydrogen) atoms.